The number of likely N-dealkylation sites (tertiary alicyclic amines) is 3. The smallest absolute Gasteiger partial charge is 0.326 e. The highest BCUT2D eigenvalue weighted by Crippen LogP contribution is 2.25. The molecular formula is C67H114N16O17. The predicted octanol–water partition coefficient (Wildman–Crippen LogP) is -2.08. The second kappa shape index (κ2) is 40.7. The number of nitrogens with one attached hydrogen (secondary N) is 10. The van der Waals surface area contributed by atoms with Crippen LogP contribution in [0.5, 0.6) is 0 Å². The number of carbonyl (C=O) groups excluding carboxylic acids is 15. The van der Waals surface area contributed by atoms with Crippen molar-refractivity contribution < 1.29 is 81.8 Å². The molecule has 3 aliphatic rings. The number of nitrogens with zero attached hydrogens (tertiary/aromatic N) is 3. The van der Waals surface area contributed by atoms with Crippen LogP contribution in [0.15, 0.2) is 0 Å². The van der Waals surface area contributed by atoms with Crippen molar-refractivity contribution in [3.63, 3.8) is 0 Å². The molecule has 33 nitrogen and oxygen atoms in total. The van der Waals surface area contributed by atoms with Crippen molar-refractivity contribution in [2.45, 2.75) is 265 Å². The van der Waals surface area contributed by atoms with Gasteiger partial charge in [0.2, 0.25) is 88.6 Å². The molecule has 15 amide bonds. The number of amides is 15. The third-order valence-electron chi connectivity index (χ3n) is 17.6. The molecule has 3 rings (SSSR count). The summed E-state index contributed by atoms with van der Waals surface area (Å²) in [6.45, 7) is 23.7. The SMILES string of the molecule is CC(C)C[C@H](NC(=O)[C@H](C)NC(=O)[C@@H]1CCCN1C(=O)[C@H](CC(C)C)NC(=O)[C@@H](NC(=O)CNC(=O)[C@H](CCC(N)=O)NC(=O)[C@@H](N)CC(C)C)C(C)C)C(=O)N1CCC[C@H]1C(=O)N[C@@H](C)C(=O)N[C@@H](CC(C)C)C(=O)N1CCC[C@H]1C(=O)N[C@@H](CCC(N)=O)C(=O)N[C@H](C(=O)O)C(C)C. The summed E-state index contributed by atoms with van der Waals surface area (Å²) < 4.78 is 0. The number of hydrogen-bond donors (Lipinski definition) is 14. The summed E-state index contributed by atoms with van der Waals surface area (Å²) in [5.41, 5.74) is 16.7. The summed E-state index contributed by atoms with van der Waals surface area (Å²) in [6, 6.07) is -15.4. The fourth-order valence-corrected chi connectivity index (χ4v) is 12.3. The fraction of sp³-hybridized carbons (Fsp3) is 0.761. The van der Waals surface area contributed by atoms with Gasteiger partial charge >= 0.3 is 5.97 Å². The minimum absolute atomic E-state index is 0.0663. The first-order chi connectivity index (χ1) is 46.6. The van der Waals surface area contributed by atoms with E-state index in [4.69, 9.17) is 17.2 Å². The summed E-state index contributed by atoms with van der Waals surface area (Å²) in [5.74, 6) is -13.5. The Kier molecular flexibility index (Phi) is 34.8. The molecule has 13 atom stereocenters. The minimum Gasteiger partial charge on any atom is -0.480 e. The number of primary amides is 2. The number of carboxylic acid groups (broad SMARTS) is 1. The lowest BCUT2D eigenvalue weighted by Gasteiger charge is -2.32. The van der Waals surface area contributed by atoms with E-state index in [0.717, 1.165) is 0 Å². The monoisotopic (exact) mass is 1410 g/mol. The Morgan fingerprint density at radius 3 is 1.07 bits per heavy atom. The van der Waals surface area contributed by atoms with E-state index in [1.165, 1.54) is 28.5 Å². The Morgan fingerprint density at radius 1 is 0.390 bits per heavy atom. The standard InChI is InChI=1S/C67H114N16O17/c1-33(2)28-41(68)57(89)74-42(21-23-50(69)84)58(90)71-32-52(86)79-53(37(9)10)63(95)78-46(31-36(7)8)66(98)82-26-16-19-48(82)61(93)73-39(13)55(87)76-44(29-34(3)4)64(96)81-25-15-18-47(81)60(92)72-40(14)56(88)77-45(30-35(5)6)65(97)83-27-17-20-49(83)62(94)75-43(22-24-51(70)85)59(91)80-54(38(11)12)67(99)100/h33-49,53-54H,15-32,68H2,1-14H3,(H2,69,84)(H2,70,85)(H,71,90)(H,72,92)(H,73,93)(H,74,89)(H,75,94)(H,76,87)(H,77,88)(H,78,95)(H,79,86)(H,80,91)(H,99,100)/t39-,40-,41-,42-,43-,44-,45-,46-,47-,48-,49-,53-,54-/m0/s1. The first-order valence-electron chi connectivity index (χ1n) is 35.1. The maximum Gasteiger partial charge on any atom is 0.326 e. The van der Waals surface area contributed by atoms with Crippen molar-refractivity contribution in [2.24, 2.45) is 52.7 Å². The van der Waals surface area contributed by atoms with Crippen molar-refractivity contribution in [3.05, 3.63) is 0 Å². The van der Waals surface area contributed by atoms with Gasteiger partial charge in [-0.15, -0.1) is 0 Å². The molecule has 3 saturated heterocycles. The fourth-order valence-electron chi connectivity index (χ4n) is 12.3. The molecule has 0 saturated carbocycles. The molecule has 0 aliphatic carbocycles. The first kappa shape index (κ1) is 85.7. The average molecular weight is 1420 g/mol. The van der Waals surface area contributed by atoms with Crippen LogP contribution in [0.3, 0.4) is 0 Å². The van der Waals surface area contributed by atoms with Crippen LogP contribution < -0.4 is 70.4 Å². The summed E-state index contributed by atoms with van der Waals surface area (Å²) in [5, 5.41) is 35.8. The Balaban J connectivity index is 1.70. The van der Waals surface area contributed by atoms with Gasteiger partial charge in [0, 0.05) is 32.5 Å². The van der Waals surface area contributed by atoms with Gasteiger partial charge in [-0.2, -0.15) is 0 Å². The van der Waals surface area contributed by atoms with Crippen molar-refractivity contribution in [1.29, 1.82) is 0 Å². The molecule has 3 fully saturated rings. The Bertz CT molecular complexity index is 2930. The molecule has 33 heteroatoms. The Morgan fingerprint density at radius 2 is 0.730 bits per heavy atom. The van der Waals surface area contributed by atoms with E-state index in [2.05, 4.69) is 53.2 Å². The van der Waals surface area contributed by atoms with E-state index in [1.807, 2.05) is 55.4 Å². The molecule has 3 heterocycles. The molecule has 0 aromatic rings. The van der Waals surface area contributed by atoms with Crippen molar-refractivity contribution in [1.82, 2.24) is 67.9 Å². The molecule has 17 N–H and O–H groups in total. The molecule has 100 heavy (non-hydrogen) atoms. The van der Waals surface area contributed by atoms with Crippen LogP contribution in [0.2, 0.25) is 0 Å². The highest BCUT2D eigenvalue weighted by atomic mass is 16.4. The maximum atomic E-state index is 14.5. The van der Waals surface area contributed by atoms with Crippen LogP contribution in [0.4, 0.5) is 0 Å². The zero-order chi connectivity index (χ0) is 75.7. The highest BCUT2D eigenvalue weighted by Gasteiger charge is 2.44. The molecule has 0 bridgehead atoms. The van der Waals surface area contributed by atoms with Crippen LogP contribution >= 0.6 is 0 Å². The minimum atomic E-state index is -1.38. The van der Waals surface area contributed by atoms with Gasteiger partial charge in [0.1, 0.15) is 72.5 Å². The summed E-state index contributed by atoms with van der Waals surface area (Å²) in [6.07, 6.45) is 1.43. The second-order valence-corrected chi connectivity index (χ2v) is 29.0. The van der Waals surface area contributed by atoms with Crippen LogP contribution in [-0.2, 0) is 76.7 Å². The van der Waals surface area contributed by atoms with Gasteiger partial charge in [0.15, 0.2) is 0 Å². The quantitative estimate of drug-likeness (QED) is 0.0313. The van der Waals surface area contributed by atoms with Gasteiger partial charge in [-0.25, -0.2) is 4.79 Å². The van der Waals surface area contributed by atoms with Crippen molar-refractivity contribution in [3.8, 4) is 0 Å². The zero-order valence-corrected chi connectivity index (χ0v) is 60.8. The normalized spacial score (nSPS) is 19.1. The lowest BCUT2D eigenvalue weighted by molar-refractivity contribution is -0.144. The number of hydrogen-bond acceptors (Lipinski definition) is 17. The molecule has 3 aliphatic heterocycles. The zero-order valence-electron chi connectivity index (χ0n) is 60.8. The molecule has 0 spiro atoms. The van der Waals surface area contributed by atoms with Gasteiger partial charge in [-0.3, -0.25) is 71.9 Å². The lowest BCUT2D eigenvalue weighted by atomic mass is 9.99. The van der Waals surface area contributed by atoms with Crippen LogP contribution in [0, 0.1) is 35.5 Å². The van der Waals surface area contributed by atoms with E-state index in [9.17, 15) is 81.8 Å². The molecular weight excluding hydrogens is 1300 g/mol. The third-order valence-corrected chi connectivity index (χ3v) is 17.6. The van der Waals surface area contributed by atoms with Gasteiger partial charge in [0.25, 0.3) is 0 Å². The highest BCUT2D eigenvalue weighted by molar-refractivity contribution is 6.00. The number of carboxylic acids is 1. The number of aliphatic carboxylic acids is 1. The van der Waals surface area contributed by atoms with Crippen LogP contribution in [0.1, 0.15) is 187 Å². The van der Waals surface area contributed by atoms with E-state index < -0.39 is 192 Å². The van der Waals surface area contributed by atoms with Crippen molar-refractivity contribution in [2.75, 3.05) is 26.2 Å². The summed E-state index contributed by atoms with van der Waals surface area (Å²) in [7, 11) is 0. The Labute approximate surface area is 586 Å². The third kappa shape index (κ3) is 27.2. The van der Waals surface area contributed by atoms with Crippen LogP contribution in [-0.4, -0.2) is 219 Å². The van der Waals surface area contributed by atoms with E-state index >= 15 is 0 Å². The van der Waals surface area contributed by atoms with Gasteiger partial charge < -0.3 is 90.2 Å². The lowest BCUT2D eigenvalue weighted by Crippen LogP contribution is -2.60. The Hall–Kier alpha value is -8.52. The largest absolute Gasteiger partial charge is 0.480 e. The summed E-state index contributed by atoms with van der Waals surface area (Å²) in [4.78, 5) is 219. The van der Waals surface area contributed by atoms with E-state index in [1.54, 1.807) is 27.7 Å². The van der Waals surface area contributed by atoms with Gasteiger partial charge in [-0.05, 0) is 126 Å². The number of rotatable bonds is 40. The molecule has 0 radical (unpaired) electrons. The predicted molar refractivity (Wildman–Crippen MR) is 366 cm³/mol. The average Bonchev–Trinajstić information content (AvgIpc) is 1.63. The maximum absolute atomic E-state index is 14.5. The first-order valence-corrected chi connectivity index (χ1v) is 35.1. The summed E-state index contributed by atoms with van der Waals surface area (Å²) >= 11 is 0. The van der Waals surface area contributed by atoms with Crippen molar-refractivity contribution >= 4 is 94.6 Å². The molecule has 564 valence electrons. The van der Waals surface area contributed by atoms with E-state index in [-0.39, 0.29) is 108 Å². The van der Waals surface area contributed by atoms with Gasteiger partial charge in [-0.1, -0.05) is 83.1 Å². The number of carbonyl (C=O) groups is 16. The topological polar surface area (TPSA) is 501 Å². The molecule has 0 aromatic heterocycles. The molecule has 0 aromatic carbocycles. The van der Waals surface area contributed by atoms with Crippen LogP contribution in [0.25, 0.3) is 0 Å². The number of nitrogens with two attached hydrogens (primary N) is 3. The second-order valence-electron chi connectivity index (χ2n) is 29.0. The van der Waals surface area contributed by atoms with E-state index in [0.29, 0.717) is 25.7 Å². The molecule has 0 unspecified atom stereocenters. The van der Waals surface area contributed by atoms with Gasteiger partial charge in [0.05, 0.1) is 12.6 Å².